The molecule has 11 nitrogen and oxygen atoms in total. The molecule has 0 unspecified atom stereocenters. The molecule has 2 aliphatic heterocycles. The molecule has 2 aliphatic rings. The lowest BCUT2D eigenvalue weighted by atomic mass is 9.99. The number of hydrazone groups is 1. The normalized spacial score (nSPS) is 15.4. The van der Waals surface area contributed by atoms with Gasteiger partial charge < -0.3 is 5.73 Å². The van der Waals surface area contributed by atoms with Crippen molar-refractivity contribution in [2.75, 3.05) is 23.7 Å². The van der Waals surface area contributed by atoms with E-state index in [1.54, 1.807) is 29.2 Å². The van der Waals surface area contributed by atoms with Gasteiger partial charge in [0.1, 0.15) is 0 Å². The van der Waals surface area contributed by atoms with E-state index in [1.165, 1.54) is 23.5 Å². The molecule has 3 heterocycles. The van der Waals surface area contributed by atoms with Crippen molar-refractivity contribution in [3.05, 3.63) is 88.4 Å². The molecule has 0 spiro atoms. The Balaban J connectivity index is 1.43. The van der Waals surface area contributed by atoms with Crippen molar-refractivity contribution in [3.63, 3.8) is 0 Å². The van der Waals surface area contributed by atoms with E-state index in [4.69, 9.17) is 10.4 Å². The molecule has 5 rings (SSSR count). The summed E-state index contributed by atoms with van der Waals surface area (Å²) in [6.07, 6.45) is 4.55. The van der Waals surface area contributed by atoms with E-state index in [1.807, 2.05) is 12.1 Å². The SMILES string of the molecule is Nc1nonc1N1C=C=NC(C(=O)NN=Cc2ccccc2C=O)=C1CN1CCc2ccccc2C1. The zero-order valence-electron chi connectivity index (χ0n) is 19.2. The van der Waals surface area contributed by atoms with E-state index in [-0.39, 0.29) is 17.3 Å². The van der Waals surface area contributed by atoms with Crippen molar-refractivity contribution < 1.29 is 14.2 Å². The monoisotopic (exact) mass is 482 g/mol. The molecule has 11 heteroatoms. The summed E-state index contributed by atoms with van der Waals surface area (Å²) in [7, 11) is 0. The number of benzene rings is 2. The Bertz CT molecular complexity index is 1430. The Morgan fingerprint density at radius 3 is 2.69 bits per heavy atom. The number of nitrogens with one attached hydrogen (secondary N) is 1. The summed E-state index contributed by atoms with van der Waals surface area (Å²) >= 11 is 0. The zero-order chi connectivity index (χ0) is 24.9. The molecule has 180 valence electrons. The van der Waals surface area contributed by atoms with Gasteiger partial charge in [-0.3, -0.25) is 19.4 Å². The number of anilines is 2. The van der Waals surface area contributed by atoms with Gasteiger partial charge in [-0.05, 0) is 27.9 Å². The van der Waals surface area contributed by atoms with Crippen LogP contribution in [0.15, 0.2) is 80.8 Å². The van der Waals surface area contributed by atoms with Crippen LogP contribution in [0.2, 0.25) is 0 Å². The van der Waals surface area contributed by atoms with Crippen LogP contribution < -0.4 is 16.1 Å². The molecule has 1 amide bonds. The first-order valence-corrected chi connectivity index (χ1v) is 11.2. The standard InChI is InChI=1S/C25H22N8O3/c26-23-24(31-36-30-23)33-12-10-27-22(25(35)29-28-13-18-6-2-4-8-20(18)16-34)21(33)15-32-11-9-17-5-1-3-7-19(17)14-32/h1-8,12-13,16H,9,11,14-15H2,(H2,26,30)(H,29,35). The number of rotatable bonds is 7. The van der Waals surface area contributed by atoms with Gasteiger partial charge in [-0.2, -0.15) is 10.1 Å². The molecule has 2 aromatic carbocycles. The van der Waals surface area contributed by atoms with Crippen molar-refractivity contribution in [3.8, 4) is 0 Å². The van der Waals surface area contributed by atoms with Crippen LogP contribution in [0.25, 0.3) is 0 Å². The average molecular weight is 483 g/mol. The van der Waals surface area contributed by atoms with Crippen molar-refractivity contribution in [1.29, 1.82) is 0 Å². The van der Waals surface area contributed by atoms with E-state index < -0.39 is 5.91 Å². The fourth-order valence-corrected chi connectivity index (χ4v) is 4.14. The predicted molar refractivity (Wildman–Crippen MR) is 133 cm³/mol. The van der Waals surface area contributed by atoms with Gasteiger partial charge in [-0.1, -0.05) is 48.5 Å². The Hall–Kier alpha value is -4.86. The maximum atomic E-state index is 13.2. The Morgan fingerprint density at radius 2 is 1.92 bits per heavy atom. The first-order valence-electron chi connectivity index (χ1n) is 11.2. The number of fused-ring (bicyclic) bond motifs is 1. The number of carbonyl (C=O) groups excluding carboxylic acids is 2. The largest absolute Gasteiger partial charge is 0.378 e. The smallest absolute Gasteiger partial charge is 0.292 e. The van der Waals surface area contributed by atoms with Crippen LogP contribution in [-0.2, 0) is 17.8 Å². The van der Waals surface area contributed by atoms with E-state index >= 15 is 0 Å². The second-order valence-corrected chi connectivity index (χ2v) is 8.18. The third-order valence-corrected chi connectivity index (χ3v) is 5.94. The number of hydrogen-bond donors (Lipinski definition) is 2. The number of carbonyl (C=O) groups is 2. The van der Waals surface area contributed by atoms with Gasteiger partial charge in [0.25, 0.3) is 5.91 Å². The summed E-state index contributed by atoms with van der Waals surface area (Å²) in [5, 5.41) is 11.6. The highest BCUT2D eigenvalue weighted by Gasteiger charge is 2.29. The topological polar surface area (TPSA) is 142 Å². The van der Waals surface area contributed by atoms with Crippen LogP contribution in [0.3, 0.4) is 0 Å². The van der Waals surface area contributed by atoms with Crippen LogP contribution in [0.1, 0.15) is 27.0 Å². The van der Waals surface area contributed by atoms with Gasteiger partial charge in [-0.25, -0.2) is 10.1 Å². The number of aliphatic imine (C=N–C) groups is 1. The second kappa shape index (κ2) is 10.2. The van der Waals surface area contributed by atoms with E-state index in [2.05, 4.69) is 48.7 Å². The molecule has 3 N–H and O–H groups in total. The summed E-state index contributed by atoms with van der Waals surface area (Å²) in [5.74, 6) is 2.47. The summed E-state index contributed by atoms with van der Waals surface area (Å²) in [6, 6.07) is 15.2. The Morgan fingerprint density at radius 1 is 1.14 bits per heavy atom. The lowest BCUT2D eigenvalue weighted by molar-refractivity contribution is -0.117. The number of amides is 1. The Kier molecular flexibility index (Phi) is 6.48. The molecule has 0 atom stereocenters. The lowest BCUT2D eigenvalue weighted by Gasteiger charge is -2.32. The van der Waals surface area contributed by atoms with Crippen molar-refractivity contribution in [1.82, 2.24) is 20.6 Å². The summed E-state index contributed by atoms with van der Waals surface area (Å²) < 4.78 is 4.78. The molecule has 0 fully saturated rings. The first kappa shape index (κ1) is 22.9. The number of aromatic nitrogens is 2. The Labute approximate surface area is 206 Å². The molecule has 1 aromatic heterocycles. The van der Waals surface area contributed by atoms with Crippen LogP contribution in [0.4, 0.5) is 11.6 Å². The van der Waals surface area contributed by atoms with Crippen LogP contribution in [0, 0.1) is 0 Å². The third-order valence-electron chi connectivity index (χ3n) is 5.94. The highest BCUT2D eigenvalue weighted by Crippen LogP contribution is 2.28. The number of nitrogen functional groups attached to an aromatic ring is 1. The number of aldehydes is 1. The van der Waals surface area contributed by atoms with Gasteiger partial charge in [0, 0.05) is 36.6 Å². The van der Waals surface area contributed by atoms with Crippen molar-refractivity contribution in [2.45, 2.75) is 13.0 Å². The lowest BCUT2D eigenvalue weighted by Crippen LogP contribution is -2.38. The summed E-state index contributed by atoms with van der Waals surface area (Å²) in [4.78, 5) is 32.4. The molecule has 36 heavy (non-hydrogen) atoms. The quantitative estimate of drug-likeness (QED) is 0.295. The fraction of sp³-hybridized carbons (Fsp3) is 0.160. The van der Waals surface area contributed by atoms with Gasteiger partial charge in [0.15, 0.2) is 12.0 Å². The highest BCUT2D eigenvalue weighted by molar-refractivity contribution is 5.98. The van der Waals surface area contributed by atoms with Gasteiger partial charge in [0.2, 0.25) is 11.6 Å². The van der Waals surface area contributed by atoms with Gasteiger partial charge in [0.05, 0.1) is 18.1 Å². The third kappa shape index (κ3) is 4.69. The minimum atomic E-state index is -0.553. The molecule has 0 radical (unpaired) electrons. The van der Waals surface area contributed by atoms with E-state index in [0.29, 0.717) is 29.9 Å². The molecule has 0 bridgehead atoms. The average Bonchev–Trinajstić information content (AvgIpc) is 3.34. The zero-order valence-corrected chi connectivity index (χ0v) is 19.2. The minimum Gasteiger partial charge on any atom is -0.378 e. The molecule has 0 aliphatic carbocycles. The van der Waals surface area contributed by atoms with Gasteiger partial charge in [-0.15, -0.1) is 0 Å². The summed E-state index contributed by atoms with van der Waals surface area (Å²) in [6.45, 7) is 1.88. The summed E-state index contributed by atoms with van der Waals surface area (Å²) in [5.41, 5.74) is 12.6. The second-order valence-electron chi connectivity index (χ2n) is 8.18. The van der Waals surface area contributed by atoms with Crippen molar-refractivity contribution >= 4 is 35.9 Å². The molecule has 3 aromatic rings. The maximum Gasteiger partial charge on any atom is 0.292 e. The maximum absolute atomic E-state index is 13.2. The fourth-order valence-electron chi connectivity index (χ4n) is 4.14. The van der Waals surface area contributed by atoms with Crippen molar-refractivity contribution in [2.24, 2.45) is 10.1 Å². The molecule has 0 saturated heterocycles. The number of hydrogen-bond acceptors (Lipinski definition) is 10. The highest BCUT2D eigenvalue weighted by atomic mass is 16.6. The number of nitrogens with zero attached hydrogens (tertiary/aromatic N) is 6. The molecule has 0 saturated carbocycles. The number of nitrogens with two attached hydrogens (primary N) is 1. The van der Waals surface area contributed by atoms with Gasteiger partial charge >= 0.3 is 0 Å². The van der Waals surface area contributed by atoms with E-state index in [9.17, 15) is 9.59 Å². The van der Waals surface area contributed by atoms with Crippen LogP contribution in [0.5, 0.6) is 0 Å². The van der Waals surface area contributed by atoms with Crippen LogP contribution in [-0.4, -0.2) is 52.6 Å². The van der Waals surface area contributed by atoms with Crippen LogP contribution >= 0.6 is 0 Å². The molecular weight excluding hydrogens is 460 g/mol. The predicted octanol–water partition coefficient (Wildman–Crippen LogP) is 1.89. The minimum absolute atomic E-state index is 0.0692. The first-order chi connectivity index (χ1) is 17.6. The van der Waals surface area contributed by atoms with E-state index in [0.717, 1.165) is 19.3 Å². The molecular formula is C25H22N8O3.